The minimum Gasteiger partial charge on any atom is -0.418 e. The van der Waals surface area contributed by atoms with E-state index in [1.807, 2.05) is 0 Å². The first-order valence-electron chi connectivity index (χ1n) is 4.44. The van der Waals surface area contributed by atoms with Gasteiger partial charge in [-0.1, -0.05) is 29.3 Å². The van der Waals surface area contributed by atoms with E-state index in [2.05, 4.69) is 10.2 Å². The van der Waals surface area contributed by atoms with Crippen molar-refractivity contribution < 1.29 is 9.34 Å². The minimum atomic E-state index is -0.921. The number of alkyl halides is 2. The highest BCUT2D eigenvalue weighted by Gasteiger charge is 2.15. The number of benzene rings is 1. The fourth-order valence-corrected chi connectivity index (χ4v) is 1.37. The predicted molar refractivity (Wildman–Crippen MR) is 60.8 cm³/mol. The lowest BCUT2D eigenvalue weighted by Gasteiger charge is -1.95. The first-order chi connectivity index (χ1) is 8.08. The van der Waals surface area contributed by atoms with Crippen molar-refractivity contribution in [2.75, 3.05) is 0 Å². The fraction of sp³-hybridized carbons (Fsp3) is 0.111. The van der Waals surface area contributed by atoms with E-state index in [1.54, 1.807) is 6.07 Å². The Morgan fingerprint density at radius 2 is 2.12 bits per heavy atom. The Morgan fingerprint density at radius 1 is 1.35 bits per heavy atom. The molecule has 0 atom stereocenters. The predicted octanol–water partition coefficient (Wildman–Crippen LogP) is 3.12. The van der Waals surface area contributed by atoms with E-state index in [9.17, 15) is 10.1 Å². The van der Waals surface area contributed by atoms with Crippen molar-refractivity contribution in [1.82, 2.24) is 10.2 Å². The van der Waals surface area contributed by atoms with Crippen LogP contribution >= 0.6 is 23.2 Å². The Kier molecular flexibility index (Phi) is 3.26. The zero-order valence-corrected chi connectivity index (χ0v) is 9.72. The second-order valence-corrected chi connectivity index (χ2v) is 4.15. The molecule has 1 aromatic carbocycles. The normalized spacial score (nSPS) is 10.8. The summed E-state index contributed by atoms with van der Waals surface area (Å²) in [5.41, 5.74) is 0.377. The largest absolute Gasteiger partial charge is 0.418 e. The Bertz CT molecular complexity index is 556. The molecular weight excluding hydrogens is 269 g/mol. The van der Waals surface area contributed by atoms with E-state index in [-0.39, 0.29) is 17.5 Å². The van der Waals surface area contributed by atoms with Crippen LogP contribution in [0.3, 0.4) is 0 Å². The standard InChI is InChI=1S/C9H5Cl2N3O3/c10-7(11)9-13-12-8(17-9)5-2-1-3-6(4-5)14(15)16/h1-4,7H. The van der Waals surface area contributed by atoms with Gasteiger partial charge in [0.15, 0.2) is 4.84 Å². The first kappa shape index (κ1) is 11.8. The molecule has 0 saturated heterocycles. The number of hydrogen-bond acceptors (Lipinski definition) is 5. The molecule has 0 N–H and O–H groups in total. The van der Waals surface area contributed by atoms with Crippen LogP contribution in [0.1, 0.15) is 10.7 Å². The summed E-state index contributed by atoms with van der Waals surface area (Å²) in [6.07, 6.45) is 0. The van der Waals surface area contributed by atoms with Crippen LogP contribution in [0.4, 0.5) is 5.69 Å². The highest BCUT2D eigenvalue weighted by atomic mass is 35.5. The molecule has 88 valence electrons. The number of hydrogen-bond donors (Lipinski definition) is 0. The van der Waals surface area contributed by atoms with Gasteiger partial charge in [0.1, 0.15) is 0 Å². The molecule has 0 bridgehead atoms. The number of rotatable bonds is 3. The Labute approximate surface area is 105 Å². The third-order valence-corrected chi connectivity index (χ3v) is 2.30. The number of nitrogens with zero attached hydrogens (tertiary/aromatic N) is 3. The zero-order valence-electron chi connectivity index (χ0n) is 8.21. The average molecular weight is 274 g/mol. The maximum absolute atomic E-state index is 10.6. The van der Waals surface area contributed by atoms with Crippen LogP contribution in [0.2, 0.25) is 0 Å². The van der Waals surface area contributed by atoms with Crippen LogP contribution in [-0.4, -0.2) is 15.1 Å². The van der Waals surface area contributed by atoms with Gasteiger partial charge in [-0.2, -0.15) is 0 Å². The molecule has 0 fully saturated rings. The summed E-state index contributed by atoms with van der Waals surface area (Å²) in [4.78, 5) is 9.17. The molecule has 17 heavy (non-hydrogen) atoms. The molecule has 2 aromatic rings. The van der Waals surface area contributed by atoms with E-state index in [0.717, 1.165) is 0 Å². The monoisotopic (exact) mass is 273 g/mol. The lowest BCUT2D eigenvalue weighted by atomic mass is 10.2. The van der Waals surface area contributed by atoms with Crippen molar-refractivity contribution in [3.63, 3.8) is 0 Å². The fourth-order valence-electron chi connectivity index (χ4n) is 1.19. The van der Waals surface area contributed by atoms with Crippen molar-refractivity contribution in [2.24, 2.45) is 0 Å². The summed E-state index contributed by atoms with van der Waals surface area (Å²) in [5.74, 6) is 0.185. The second kappa shape index (κ2) is 4.68. The van der Waals surface area contributed by atoms with Gasteiger partial charge in [0.25, 0.3) is 5.69 Å². The van der Waals surface area contributed by atoms with Crippen LogP contribution in [0.15, 0.2) is 28.7 Å². The van der Waals surface area contributed by atoms with Gasteiger partial charge < -0.3 is 4.42 Å². The van der Waals surface area contributed by atoms with E-state index in [4.69, 9.17) is 27.6 Å². The molecule has 1 heterocycles. The second-order valence-electron chi connectivity index (χ2n) is 3.05. The van der Waals surface area contributed by atoms with Crippen LogP contribution in [0, 0.1) is 10.1 Å². The third-order valence-electron chi connectivity index (χ3n) is 1.93. The Hall–Kier alpha value is -1.66. The van der Waals surface area contributed by atoms with Crippen molar-refractivity contribution in [3.05, 3.63) is 40.3 Å². The molecule has 0 aliphatic rings. The van der Waals surface area contributed by atoms with Gasteiger partial charge in [0, 0.05) is 17.7 Å². The zero-order chi connectivity index (χ0) is 12.4. The number of non-ortho nitro benzene ring substituents is 1. The topological polar surface area (TPSA) is 82.1 Å². The summed E-state index contributed by atoms with van der Waals surface area (Å²) in [7, 11) is 0. The smallest absolute Gasteiger partial charge is 0.270 e. The highest BCUT2D eigenvalue weighted by molar-refractivity contribution is 6.43. The number of nitro groups is 1. The molecule has 0 radical (unpaired) electrons. The van der Waals surface area contributed by atoms with E-state index in [0.29, 0.717) is 5.56 Å². The molecule has 0 aliphatic heterocycles. The minimum absolute atomic E-state index is 0.0508. The third kappa shape index (κ3) is 2.54. The van der Waals surface area contributed by atoms with Gasteiger partial charge in [-0.25, -0.2) is 0 Å². The molecule has 2 rings (SSSR count). The number of halogens is 2. The molecule has 0 unspecified atom stereocenters. The maximum Gasteiger partial charge on any atom is 0.270 e. The molecule has 0 amide bonds. The summed E-state index contributed by atoms with van der Waals surface area (Å²) in [6.45, 7) is 0. The van der Waals surface area contributed by atoms with E-state index in [1.165, 1.54) is 18.2 Å². The molecular formula is C9H5Cl2N3O3. The molecule has 0 aliphatic carbocycles. The van der Waals surface area contributed by atoms with Gasteiger partial charge in [0.2, 0.25) is 11.8 Å². The van der Waals surface area contributed by atoms with Crippen molar-refractivity contribution in [3.8, 4) is 11.5 Å². The van der Waals surface area contributed by atoms with Crippen LogP contribution < -0.4 is 0 Å². The maximum atomic E-state index is 10.6. The number of aromatic nitrogens is 2. The quantitative estimate of drug-likeness (QED) is 0.487. The molecule has 0 saturated carbocycles. The summed E-state index contributed by atoms with van der Waals surface area (Å²) >= 11 is 11.1. The van der Waals surface area contributed by atoms with Gasteiger partial charge in [-0.3, -0.25) is 10.1 Å². The Morgan fingerprint density at radius 3 is 2.71 bits per heavy atom. The first-order valence-corrected chi connectivity index (χ1v) is 5.31. The van der Waals surface area contributed by atoms with Crippen molar-refractivity contribution >= 4 is 28.9 Å². The van der Waals surface area contributed by atoms with Gasteiger partial charge in [-0.15, -0.1) is 10.2 Å². The van der Waals surface area contributed by atoms with Crippen molar-refractivity contribution in [1.29, 1.82) is 0 Å². The summed E-state index contributed by atoms with van der Waals surface area (Å²) in [5, 5.41) is 17.9. The summed E-state index contributed by atoms with van der Waals surface area (Å²) in [6, 6.07) is 5.83. The molecule has 0 spiro atoms. The van der Waals surface area contributed by atoms with E-state index >= 15 is 0 Å². The molecule has 8 heteroatoms. The van der Waals surface area contributed by atoms with Gasteiger partial charge in [0.05, 0.1) is 4.92 Å². The van der Waals surface area contributed by atoms with Crippen LogP contribution in [0.5, 0.6) is 0 Å². The molecule has 6 nitrogen and oxygen atoms in total. The Balaban J connectivity index is 2.38. The summed E-state index contributed by atoms with van der Waals surface area (Å²) < 4.78 is 5.16. The lowest BCUT2D eigenvalue weighted by Crippen LogP contribution is -1.88. The molecule has 1 aromatic heterocycles. The average Bonchev–Trinajstić information content (AvgIpc) is 2.78. The van der Waals surface area contributed by atoms with Crippen molar-refractivity contribution in [2.45, 2.75) is 4.84 Å². The van der Waals surface area contributed by atoms with Gasteiger partial charge >= 0.3 is 0 Å². The lowest BCUT2D eigenvalue weighted by molar-refractivity contribution is -0.384. The number of nitro benzene ring substituents is 1. The van der Waals surface area contributed by atoms with E-state index < -0.39 is 9.76 Å². The SMILES string of the molecule is O=[N+]([O-])c1cccc(-c2nnc(C(Cl)Cl)o2)c1. The van der Waals surface area contributed by atoms with Crippen LogP contribution in [-0.2, 0) is 0 Å². The van der Waals surface area contributed by atoms with Gasteiger partial charge in [-0.05, 0) is 6.07 Å². The highest BCUT2D eigenvalue weighted by Crippen LogP contribution is 2.28. The van der Waals surface area contributed by atoms with Crippen LogP contribution in [0.25, 0.3) is 11.5 Å².